The molecule has 1 aliphatic carbocycles. The number of nitrogens with one attached hydrogen (secondary N) is 1. The molecule has 1 aliphatic heterocycles. The van der Waals surface area contributed by atoms with Crippen molar-refractivity contribution < 1.29 is 9.59 Å². The smallest absolute Gasteiger partial charge is 0.264 e. The van der Waals surface area contributed by atoms with Crippen molar-refractivity contribution in [3.05, 3.63) is 75.7 Å². The molecule has 2 amide bonds. The first-order chi connectivity index (χ1) is 15.2. The molecule has 3 aromatic rings. The maximum Gasteiger partial charge on any atom is 0.264 e. The maximum atomic E-state index is 13.4. The van der Waals surface area contributed by atoms with Crippen LogP contribution in [0.25, 0.3) is 11.1 Å². The van der Waals surface area contributed by atoms with Gasteiger partial charge in [-0.2, -0.15) is 0 Å². The van der Waals surface area contributed by atoms with E-state index in [4.69, 9.17) is 0 Å². The summed E-state index contributed by atoms with van der Waals surface area (Å²) in [5.74, 6) is -0.0771. The quantitative estimate of drug-likeness (QED) is 0.682. The Morgan fingerprint density at radius 1 is 1.06 bits per heavy atom. The van der Waals surface area contributed by atoms with E-state index in [0.717, 1.165) is 34.4 Å². The second-order valence-electron chi connectivity index (χ2n) is 8.21. The first-order valence-corrected chi connectivity index (χ1v) is 11.7. The molecule has 3 heterocycles. The summed E-state index contributed by atoms with van der Waals surface area (Å²) < 4.78 is 0. The lowest BCUT2D eigenvalue weighted by Crippen LogP contribution is -2.57. The Kier molecular flexibility index (Phi) is 5.55. The molecular formula is C25H25N3O2S. The van der Waals surface area contributed by atoms with Crippen molar-refractivity contribution in [2.45, 2.75) is 38.1 Å². The van der Waals surface area contributed by atoms with Crippen LogP contribution in [0, 0.1) is 0 Å². The van der Waals surface area contributed by atoms with E-state index in [1.165, 1.54) is 23.3 Å². The van der Waals surface area contributed by atoms with Crippen LogP contribution in [0.15, 0.2) is 54.9 Å². The van der Waals surface area contributed by atoms with Crippen LogP contribution in [-0.2, 0) is 24.1 Å². The third kappa shape index (κ3) is 4.12. The molecule has 2 aliphatic rings. The Balaban J connectivity index is 1.35. The van der Waals surface area contributed by atoms with Gasteiger partial charge in [0.2, 0.25) is 5.91 Å². The number of hydrogen-bond acceptors (Lipinski definition) is 4. The fourth-order valence-electron chi connectivity index (χ4n) is 4.50. The third-order valence-corrected chi connectivity index (χ3v) is 7.42. The minimum Gasteiger partial charge on any atom is -0.353 e. The van der Waals surface area contributed by atoms with Gasteiger partial charge in [-0.15, -0.1) is 11.3 Å². The number of aromatic nitrogens is 1. The van der Waals surface area contributed by atoms with E-state index in [1.54, 1.807) is 28.6 Å². The number of thiophene rings is 1. The zero-order valence-corrected chi connectivity index (χ0v) is 18.2. The normalized spacial score (nSPS) is 18.4. The molecule has 5 nitrogen and oxygen atoms in total. The molecule has 158 valence electrons. The van der Waals surface area contributed by atoms with E-state index >= 15 is 0 Å². The molecule has 6 heteroatoms. The number of rotatable bonds is 4. The van der Waals surface area contributed by atoms with Crippen molar-refractivity contribution in [1.82, 2.24) is 15.2 Å². The van der Waals surface area contributed by atoms with Gasteiger partial charge >= 0.3 is 0 Å². The van der Waals surface area contributed by atoms with Gasteiger partial charge in [0.25, 0.3) is 5.91 Å². The third-order valence-electron chi connectivity index (χ3n) is 6.20. The fourth-order valence-corrected chi connectivity index (χ4v) is 5.71. The highest BCUT2D eigenvalue weighted by molar-refractivity contribution is 7.14. The van der Waals surface area contributed by atoms with Gasteiger partial charge in [0.05, 0.1) is 4.88 Å². The molecular weight excluding hydrogens is 406 g/mol. The number of carbonyl (C=O) groups is 2. The summed E-state index contributed by atoms with van der Waals surface area (Å²) in [7, 11) is 0. The SMILES string of the molecule is O=C1NCCN(C(=O)c2cc3c(s2)CCCC3)[C@H]1Cc1ccc(-c2ccncc2)cc1. The minimum atomic E-state index is -0.479. The Morgan fingerprint density at radius 2 is 1.81 bits per heavy atom. The van der Waals surface area contributed by atoms with Crippen LogP contribution in [-0.4, -0.2) is 40.8 Å². The first-order valence-electron chi connectivity index (χ1n) is 10.9. The zero-order chi connectivity index (χ0) is 21.2. The van der Waals surface area contributed by atoms with Crippen LogP contribution in [0.4, 0.5) is 0 Å². The summed E-state index contributed by atoms with van der Waals surface area (Å²) in [6, 6.07) is 13.8. The molecule has 2 aromatic heterocycles. The highest BCUT2D eigenvalue weighted by Crippen LogP contribution is 2.31. The van der Waals surface area contributed by atoms with Gasteiger partial charge in [-0.3, -0.25) is 14.6 Å². The zero-order valence-electron chi connectivity index (χ0n) is 17.3. The van der Waals surface area contributed by atoms with Gasteiger partial charge < -0.3 is 10.2 Å². The number of piperazine rings is 1. The number of pyridine rings is 1. The lowest BCUT2D eigenvalue weighted by atomic mass is 9.98. The average Bonchev–Trinajstić information content (AvgIpc) is 3.25. The molecule has 1 aromatic carbocycles. The molecule has 0 spiro atoms. The number of carbonyl (C=O) groups excluding carboxylic acids is 2. The summed E-state index contributed by atoms with van der Waals surface area (Å²) in [6.45, 7) is 1.06. The van der Waals surface area contributed by atoms with E-state index in [1.807, 2.05) is 24.3 Å². The summed E-state index contributed by atoms with van der Waals surface area (Å²) in [5.41, 5.74) is 4.58. The van der Waals surface area contributed by atoms with Crippen molar-refractivity contribution in [3.63, 3.8) is 0 Å². The Hall–Kier alpha value is -2.99. The molecule has 31 heavy (non-hydrogen) atoms. The Morgan fingerprint density at radius 3 is 2.58 bits per heavy atom. The molecule has 1 N–H and O–H groups in total. The van der Waals surface area contributed by atoms with Gasteiger partial charge in [0, 0.05) is 36.8 Å². The van der Waals surface area contributed by atoms with Gasteiger partial charge in [-0.25, -0.2) is 0 Å². The maximum absolute atomic E-state index is 13.4. The monoisotopic (exact) mass is 431 g/mol. The molecule has 0 radical (unpaired) electrons. The van der Waals surface area contributed by atoms with Crippen molar-refractivity contribution in [2.24, 2.45) is 0 Å². The fraction of sp³-hybridized carbons (Fsp3) is 0.320. The Bertz CT molecular complexity index is 1070. The number of aryl methyl sites for hydroxylation is 2. The summed E-state index contributed by atoms with van der Waals surface area (Å²) >= 11 is 1.62. The second kappa shape index (κ2) is 8.63. The molecule has 0 unspecified atom stereocenters. The van der Waals surface area contributed by atoms with Crippen LogP contribution in [0.1, 0.15) is 38.5 Å². The molecule has 0 saturated carbocycles. The van der Waals surface area contributed by atoms with Gasteiger partial charge in [-0.05, 0) is 66.1 Å². The standard InChI is InChI=1S/C25H25N3O2S/c29-24-21(15-17-5-7-18(8-6-17)19-9-11-26-12-10-19)28(14-13-27-24)25(30)23-16-20-3-1-2-4-22(20)31-23/h5-12,16,21H,1-4,13-15H2,(H,27,29)/t21-/m0/s1. The van der Waals surface area contributed by atoms with Crippen LogP contribution < -0.4 is 5.32 Å². The van der Waals surface area contributed by atoms with E-state index in [0.29, 0.717) is 19.5 Å². The lowest BCUT2D eigenvalue weighted by Gasteiger charge is -2.35. The van der Waals surface area contributed by atoms with E-state index < -0.39 is 6.04 Å². The predicted molar refractivity (Wildman–Crippen MR) is 122 cm³/mol. The minimum absolute atomic E-state index is 0.00680. The second-order valence-corrected chi connectivity index (χ2v) is 9.35. The van der Waals surface area contributed by atoms with Crippen molar-refractivity contribution in [2.75, 3.05) is 13.1 Å². The molecule has 1 fully saturated rings. The van der Waals surface area contributed by atoms with Crippen molar-refractivity contribution >= 4 is 23.2 Å². The number of fused-ring (bicyclic) bond motifs is 1. The lowest BCUT2D eigenvalue weighted by molar-refractivity contribution is -0.127. The first kappa shape index (κ1) is 19.9. The molecule has 5 rings (SSSR count). The summed E-state index contributed by atoms with van der Waals surface area (Å²) in [4.78, 5) is 34.0. The van der Waals surface area contributed by atoms with Gasteiger partial charge in [0.15, 0.2) is 0 Å². The topological polar surface area (TPSA) is 62.3 Å². The number of amides is 2. The van der Waals surface area contributed by atoms with Gasteiger partial charge in [0.1, 0.15) is 6.04 Å². The predicted octanol–water partition coefficient (Wildman–Crippen LogP) is 3.87. The van der Waals surface area contributed by atoms with Crippen LogP contribution in [0.3, 0.4) is 0 Å². The molecule has 0 bridgehead atoms. The highest BCUT2D eigenvalue weighted by Gasteiger charge is 2.34. The molecule has 1 saturated heterocycles. The highest BCUT2D eigenvalue weighted by atomic mass is 32.1. The van der Waals surface area contributed by atoms with E-state index in [2.05, 4.69) is 28.5 Å². The van der Waals surface area contributed by atoms with E-state index in [9.17, 15) is 9.59 Å². The van der Waals surface area contributed by atoms with Gasteiger partial charge in [-0.1, -0.05) is 24.3 Å². The number of hydrogen-bond donors (Lipinski definition) is 1. The largest absolute Gasteiger partial charge is 0.353 e. The van der Waals surface area contributed by atoms with Crippen LogP contribution in [0.2, 0.25) is 0 Å². The van der Waals surface area contributed by atoms with Crippen LogP contribution in [0.5, 0.6) is 0 Å². The Labute approximate surface area is 186 Å². The molecule has 1 atom stereocenters. The summed E-state index contributed by atoms with van der Waals surface area (Å²) in [5, 5.41) is 2.94. The summed E-state index contributed by atoms with van der Waals surface area (Å²) in [6.07, 6.45) is 8.60. The van der Waals surface area contributed by atoms with Crippen LogP contribution >= 0.6 is 11.3 Å². The van der Waals surface area contributed by atoms with E-state index in [-0.39, 0.29) is 11.8 Å². The average molecular weight is 432 g/mol. The number of nitrogens with zero attached hydrogens (tertiary/aromatic N) is 2. The van der Waals surface area contributed by atoms with Crippen molar-refractivity contribution in [3.8, 4) is 11.1 Å². The van der Waals surface area contributed by atoms with Crippen molar-refractivity contribution in [1.29, 1.82) is 0 Å². The number of benzene rings is 1.